The first-order chi connectivity index (χ1) is 16.7. The number of esters is 1. The van der Waals surface area contributed by atoms with Crippen LogP contribution in [0.3, 0.4) is 0 Å². The molecule has 0 aliphatic heterocycles. The van der Waals surface area contributed by atoms with Gasteiger partial charge in [0.05, 0.1) is 34.4 Å². The molecule has 0 radical (unpaired) electrons. The molecule has 2 aromatic carbocycles. The summed E-state index contributed by atoms with van der Waals surface area (Å²) < 4.78 is 36.0. The van der Waals surface area contributed by atoms with Crippen molar-refractivity contribution in [2.24, 2.45) is 5.73 Å². The zero-order chi connectivity index (χ0) is 25.2. The molecule has 0 fully saturated rings. The van der Waals surface area contributed by atoms with Gasteiger partial charge in [-0.25, -0.2) is 13.4 Å². The van der Waals surface area contributed by atoms with Gasteiger partial charge in [0.25, 0.3) is 0 Å². The number of halogens is 1. The summed E-state index contributed by atoms with van der Waals surface area (Å²) in [6.45, 7) is 3.70. The van der Waals surface area contributed by atoms with E-state index in [-0.39, 0.29) is 17.3 Å². The van der Waals surface area contributed by atoms with Crippen LogP contribution >= 0.6 is 11.6 Å². The van der Waals surface area contributed by atoms with Crippen molar-refractivity contribution in [1.29, 1.82) is 0 Å². The van der Waals surface area contributed by atoms with Crippen LogP contribution in [0.5, 0.6) is 5.75 Å². The Bertz CT molecular complexity index is 1500. The number of nitrogens with two attached hydrogens (primary N) is 1. The second-order valence-electron chi connectivity index (χ2n) is 8.13. The number of carbonyl (C=O) groups excluding carboxylic acids is 1. The van der Waals surface area contributed by atoms with Crippen molar-refractivity contribution in [3.8, 4) is 16.9 Å². The molecule has 8 nitrogen and oxygen atoms in total. The molecule has 0 amide bonds. The third-order valence-electron chi connectivity index (χ3n) is 5.58. The van der Waals surface area contributed by atoms with Gasteiger partial charge in [-0.3, -0.25) is 4.79 Å². The Balaban J connectivity index is 1.73. The number of aromatic amines is 1. The fourth-order valence-electron chi connectivity index (χ4n) is 3.77. The van der Waals surface area contributed by atoms with Crippen LogP contribution in [-0.2, 0) is 19.4 Å². The van der Waals surface area contributed by atoms with E-state index in [1.807, 2.05) is 24.3 Å². The van der Waals surface area contributed by atoms with Crippen molar-refractivity contribution < 1.29 is 22.7 Å². The van der Waals surface area contributed by atoms with Gasteiger partial charge in [-0.15, -0.1) is 0 Å². The Kier molecular flexibility index (Phi) is 7.30. The largest absolute Gasteiger partial charge is 0.491 e. The van der Waals surface area contributed by atoms with E-state index < -0.39 is 21.8 Å². The van der Waals surface area contributed by atoms with Crippen LogP contribution in [0.1, 0.15) is 20.3 Å². The van der Waals surface area contributed by atoms with E-state index in [0.29, 0.717) is 35.0 Å². The van der Waals surface area contributed by atoms with Crippen LogP contribution in [0.2, 0.25) is 5.02 Å². The van der Waals surface area contributed by atoms with Gasteiger partial charge < -0.3 is 20.2 Å². The maximum absolute atomic E-state index is 12.5. The van der Waals surface area contributed by atoms with E-state index in [2.05, 4.69) is 9.97 Å². The molecule has 0 saturated heterocycles. The molecule has 2 heterocycles. The molecule has 0 aliphatic rings. The van der Waals surface area contributed by atoms with Gasteiger partial charge in [-0.2, -0.15) is 0 Å². The number of hydrogen-bond acceptors (Lipinski definition) is 7. The van der Waals surface area contributed by atoms with Crippen molar-refractivity contribution in [2.45, 2.75) is 31.2 Å². The topological polar surface area (TPSA) is 124 Å². The summed E-state index contributed by atoms with van der Waals surface area (Å²) in [7, 11) is -3.36. The third kappa shape index (κ3) is 5.27. The number of H-pyrrole nitrogens is 1. The third-order valence-corrected chi connectivity index (χ3v) is 7.52. The summed E-state index contributed by atoms with van der Waals surface area (Å²) in [6.07, 6.45) is 2.05. The molecule has 0 saturated carbocycles. The molecule has 1 unspecified atom stereocenters. The SMILES string of the molecule is CCS(=O)(=O)c1cccc(-c2ccc(OCCCOC(=O)C(C)N)c3[nH]c4ncc(Cl)cc4c23)c1. The molecule has 1 atom stereocenters. The summed E-state index contributed by atoms with van der Waals surface area (Å²) in [5.41, 5.74) is 8.41. The number of aromatic nitrogens is 2. The molecule has 0 spiro atoms. The van der Waals surface area contributed by atoms with Crippen LogP contribution in [0.4, 0.5) is 0 Å². The summed E-state index contributed by atoms with van der Waals surface area (Å²) in [5.74, 6) is 0.154. The lowest BCUT2D eigenvalue weighted by Gasteiger charge is -2.12. The normalized spacial score (nSPS) is 12.7. The Morgan fingerprint density at radius 2 is 2.00 bits per heavy atom. The highest BCUT2D eigenvalue weighted by molar-refractivity contribution is 7.91. The van der Waals surface area contributed by atoms with Crippen molar-refractivity contribution >= 4 is 49.3 Å². The number of ether oxygens (including phenoxy) is 2. The molecule has 0 bridgehead atoms. The average Bonchev–Trinajstić information content (AvgIpc) is 3.22. The maximum Gasteiger partial charge on any atom is 0.322 e. The maximum atomic E-state index is 12.5. The minimum atomic E-state index is -3.36. The first-order valence-electron chi connectivity index (χ1n) is 11.2. The van der Waals surface area contributed by atoms with E-state index >= 15 is 0 Å². The predicted molar refractivity (Wildman–Crippen MR) is 136 cm³/mol. The minimum absolute atomic E-state index is 0.0186. The van der Waals surface area contributed by atoms with Crippen LogP contribution < -0.4 is 10.5 Å². The van der Waals surface area contributed by atoms with Crippen molar-refractivity contribution in [3.63, 3.8) is 0 Å². The van der Waals surface area contributed by atoms with Crippen molar-refractivity contribution in [3.05, 3.63) is 53.7 Å². The number of carbonyl (C=O) groups is 1. The number of nitrogens with zero attached hydrogens (tertiary/aromatic N) is 1. The molecular weight excluding hydrogens is 490 g/mol. The Labute approximate surface area is 208 Å². The predicted octanol–water partition coefficient (Wildman–Crippen LogP) is 4.49. The van der Waals surface area contributed by atoms with Crippen molar-refractivity contribution in [1.82, 2.24) is 9.97 Å². The smallest absolute Gasteiger partial charge is 0.322 e. The average molecular weight is 516 g/mol. The Morgan fingerprint density at radius 1 is 1.20 bits per heavy atom. The monoisotopic (exact) mass is 515 g/mol. The molecular formula is C25H26ClN3O5S. The standard InChI is InChI=1S/C25H26ClN3O5S/c1-3-35(31,32)18-7-4-6-16(12-18)19-8-9-21(33-10-5-11-34-25(30)15(2)27)23-22(19)20-13-17(26)14-28-24(20)29-23/h4,6-9,12-15H,3,5,10-11,27H2,1-2H3,(H,28,29). The lowest BCUT2D eigenvalue weighted by Crippen LogP contribution is -2.29. The number of fused-ring (bicyclic) bond motifs is 3. The zero-order valence-corrected chi connectivity index (χ0v) is 20.9. The van der Waals surface area contributed by atoms with E-state index in [1.165, 1.54) is 0 Å². The number of sulfone groups is 1. The fraction of sp³-hybridized carbons (Fsp3) is 0.280. The van der Waals surface area contributed by atoms with Gasteiger partial charge in [-0.1, -0.05) is 30.7 Å². The van der Waals surface area contributed by atoms with Gasteiger partial charge in [0.1, 0.15) is 17.4 Å². The molecule has 10 heteroatoms. The lowest BCUT2D eigenvalue weighted by atomic mass is 9.99. The van der Waals surface area contributed by atoms with Gasteiger partial charge in [-0.05, 0) is 48.4 Å². The molecule has 35 heavy (non-hydrogen) atoms. The van der Waals surface area contributed by atoms with Crippen molar-refractivity contribution in [2.75, 3.05) is 19.0 Å². The zero-order valence-electron chi connectivity index (χ0n) is 19.4. The molecule has 4 rings (SSSR count). The molecule has 4 aromatic rings. The van der Waals surface area contributed by atoms with Crippen LogP contribution in [0.15, 0.2) is 53.6 Å². The highest BCUT2D eigenvalue weighted by atomic mass is 35.5. The minimum Gasteiger partial charge on any atom is -0.491 e. The molecule has 2 aromatic heterocycles. The highest BCUT2D eigenvalue weighted by Gasteiger charge is 2.18. The molecule has 0 aliphatic carbocycles. The highest BCUT2D eigenvalue weighted by Crippen LogP contribution is 2.40. The number of benzene rings is 2. The first-order valence-corrected chi connectivity index (χ1v) is 13.2. The van der Waals surface area contributed by atoms with Gasteiger partial charge in [0.15, 0.2) is 9.84 Å². The summed E-state index contributed by atoms with van der Waals surface area (Å²) in [4.78, 5) is 19.5. The van der Waals surface area contributed by atoms with Crippen LogP contribution in [-0.4, -0.2) is 49.4 Å². The van der Waals surface area contributed by atoms with E-state index in [0.717, 1.165) is 21.9 Å². The number of pyridine rings is 1. The van der Waals surface area contributed by atoms with E-state index in [1.54, 1.807) is 38.2 Å². The van der Waals surface area contributed by atoms with E-state index in [4.69, 9.17) is 26.8 Å². The number of hydrogen-bond donors (Lipinski definition) is 2. The van der Waals surface area contributed by atoms with E-state index in [9.17, 15) is 13.2 Å². The van der Waals surface area contributed by atoms with Gasteiger partial charge >= 0.3 is 5.97 Å². The van der Waals surface area contributed by atoms with Gasteiger partial charge in [0.2, 0.25) is 0 Å². The second kappa shape index (κ2) is 10.2. The fourth-order valence-corrected chi connectivity index (χ4v) is 4.85. The number of nitrogens with one attached hydrogen (secondary N) is 1. The summed E-state index contributed by atoms with van der Waals surface area (Å²) in [5, 5.41) is 2.10. The molecule has 184 valence electrons. The quantitative estimate of drug-likeness (QED) is 0.248. The number of rotatable bonds is 9. The van der Waals surface area contributed by atoms with Crippen LogP contribution in [0.25, 0.3) is 33.1 Å². The Morgan fingerprint density at radius 3 is 2.74 bits per heavy atom. The lowest BCUT2D eigenvalue weighted by molar-refractivity contribution is -0.144. The Hall–Kier alpha value is -3.14. The molecule has 3 N–H and O–H groups in total. The first kappa shape index (κ1) is 25.0. The van der Waals surface area contributed by atoms with Crippen LogP contribution in [0, 0.1) is 0 Å². The summed E-state index contributed by atoms with van der Waals surface area (Å²) >= 11 is 6.25. The van der Waals surface area contributed by atoms with Gasteiger partial charge in [0, 0.05) is 23.4 Å². The second-order valence-corrected chi connectivity index (χ2v) is 10.8. The summed E-state index contributed by atoms with van der Waals surface area (Å²) in [6, 6.07) is 11.7.